The number of nitrogens with zero attached hydrogens (tertiary/aromatic N) is 1. The molecular weight excluding hydrogens is 319 g/mol. The van der Waals surface area contributed by atoms with Crippen molar-refractivity contribution in [2.75, 3.05) is 4.72 Å². The fourth-order valence-electron chi connectivity index (χ4n) is 3.13. The maximum atomic E-state index is 14.1. The van der Waals surface area contributed by atoms with Crippen molar-refractivity contribution in [3.63, 3.8) is 0 Å². The van der Waals surface area contributed by atoms with E-state index >= 15 is 0 Å². The minimum absolute atomic E-state index is 0.0856. The highest BCUT2D eigenvalue weighted by Crippen LogP contribution is 2.38. The maximum absolute atomic E-state index is 14.1. The Hall–Kier alpha value is -1.73. The zero-order chi connectivity index (χ0) is 16.4. The van der Waals surface area contributed by atoms with Crippen molar-refractivity contribution in [3.05, 3.63) is 35.6 Å². The Morgan fingerprint density at radius 1 is 1.35 bits per heavy atom. The Morgan fingerprint density at radius 3 is 2.74 bits per heavy atom. The predicted molar refractivity (Wildman–Crippen MR) is 85.0 cm³/mol. The number of rotatable bonds is 4. The van der Waals surface area contributed by atoms with Crippen molar-refractivity contribution < 1.29 is 17.6 Å². The summed E-state index contributed by atoms with van der Waals surface area (Å²) in [5, 5.41) is 0. The van der Waals surface area contributed by atoms with Crippen LogP contribution in [-0.2, 0) is 11.3 Å². The third-order valence-electron chi connectivity index (χ3n) is 4.18. The van der Waals surface area contributed by atoms with Crippen LogP contribution in [0, 0.1) is 12.7 Å². The molecule has 0 aliphatic heterocycles. The monoisotopic (exact) mass is 337 g/mol. The van der Waals surface area contributed by atoms with E-state index in [0.717, 1.165) is 18.5 Å². The molecule has 23 heavy (non-hydrogen) atoms. The molecule has 1 fully saturated rings. The number of halogens is 1. The molecule has 1 aliphatic rings. The lowest BCUT2D eigenvalue weighted by molar-refractivity contribution is 0.437. The van der Waals surface area contributed by atoms with Crippen LogP contribution in [-0.4, -0.2) is 13.7 Å². The van der Waals surface area contributed by atoms with Gasteiger partial charge in [-0.25, -0.2) is 9.37 Å². The van der Waals surface area contributed by atoms with Gasteiger partial charge in [0.1, 0.15) is 5.82 Å². The van der Waals surface area contributed by atoms with E-state index in [9.17, 15) is 13.2 Å². The summed E-state index contributed by atoms with van der Waals surface area (Å²) < 4.78 is 43.1. The maximum Gasteiger partial charge on any atom is 0.192 e. The highest BCUT2D eigenvalue weighted by Gasteiger charge is 2.24. The van der Waals surface area contributed by atoms with Gasteiger partial charge in [0.05, 0.1) is 11.4 Å². The molecule has 1 aromatic heterocycles. The second kappa shape index (κ2) is 6.80. The summed E-state index contributed by atoms with van der Waals surface area (Å²) in [6, 6.07) is 4.31. The topological polar surface area (TPSA) is 78.2 Å². The number of aromatic nitrogens is 1. The van der Waals surface area contributed by atoms with Gasteiger partial charge in [-0.1, -0.05) is 19.3 Å². The van der Waals surface area contributed by atoms with Crippen molar-refractivity contribution in [2.45, 2.75) is 44.9 Å². The largest absolute Gasteiger partial charge is 0.755 e. The molecule has 1 N–H and O–H groups in total. The average Bonchev–Trinajstić information content (AvgIpc) is 2.92. The zero-order valence-electron chi connectivity index (χ0n) is 12.8. The van der Waals surface area contributed by atoms with E-state index in [-0.39, 0.29) is 5.69 Å². The molecule has 1 aromatic carbocycles. The van der Waals surface area contributed by atoms with Gasteiger partial charge in [0.15, 0.2) is 11.7 Å². The fraction of sp³-hybridized carbons (Fsp3) is 0.438. The zero-order valence-corrected chi connectivity index (χ0v) is 13.6. The van der Waals surface area contributed by atoms with Gasteiger partial charge in [-0.05, 0) is 31.0 Å². The number of oxazole rings is 1. The summed E-state index contributed by atoms with van der Waals surface area (Å²) in [4.78, 5) is 4.51. The molecule has 0 spiro atoms. The Labute approximate surface area is 136 Å². The minimum Gasteiger partial charge on any atom is -0.755 e. The van der Waals surface area contributed by atoms with Crippen LogP contribution in [0.3, 0.4) is 0 Å². The molecule has 1 saturated carbocycles. The molecule has 0 saturated heterocycles. The summed E-state index contributed by atoms with van der Waals surface area (Å²) in [7, 11) is 0. The minimum atomic E-state index is -2.56. The molecule has 0 amide bonds. The van der Waals surface area contributed by atoms with E-state index < -0.39 is 17.1 Å². The van der Waals surface area contributed by atoms with Crippen LogP contribution in [0.1, 0.15) is 49.6 Å². The van der Waals surface area contributed by atoms with E-state index in [1.54, 1.807) is 13.0 Å². The summed E-state index contributed by atoms with van der Waals surface area (Å²) >= 11 is -2.56. The quantitative estimate of drug-likeness (QED) is 0.854. The van der Waals surface area contributed by atoms with Crippen LogP contribution in [0.25, 0.3) is 11.3 Å². The van der Waals surface area contributed by atoms with Crippen LogP contribution in [0.2, 0.25) is 0 Å². The van der Waals surface area contributed by atoms with Crippen LogP contribution in [0.4, 0.5) is 10.1 Å². The first-order valence-corrected chi connectivity index (χ1v) is 8.75. The Bertz CT molecular complexity index is 726. The summed E-state index contributed by atoms with van der Waals surface area (Å²) in [5.41, 5.74) is 1.37. The third-order valence-corrected chi connectivity index (χ3v) is 4.56. The average molecular weight is 337 g/mol. The number of hydrogen-bond acceptors (Lipinski definition) is 4. The molecule has 0 bridgehead atoms. The molecule has 7 heteroatoms. The predicted octanol–water partition coefficient (Wildman–Crippen LogP) is 4.04. The molecule has 3 rings (SSSR count). The van der Waals surface area contributed by atoms with Crippen molar-refractivity contribution >= 4 is 17.0 Å². The van der Waals surface area contributed by atoms with E-state index in [1.165, 1.54) is 31.4 Å². The van der Waals surface area contributed by atoms with E-state index in [1.807, 2.05) is 4.72 Å². The van der Waals surface area contributed by atoms with E-state index in [0.29, 0.717) is 23.1 Å². The van der Waals surface area contributed by atoms with Gasteiger partial charge in [-0.3, -0.25) is 4.21 Å². The third kappa shape index (κ3) is 3.61. The van der Waals surface area contributed by atoms with Gasteiger partial charge in [0.25, 0.3) is 0 Å². The molecule has 0 radical (unpaired) electrons. The molecule has 124 valence electrons. The fourth-order valence-corrected chi connectivity index (χ4v) is 3.48. The van der Waals surface area contributed by atoms with Crippen LogP contribution < -0.4 is 4.72 Å². The van der Waals surface area contributed by atoms with Gasteiger partial charge in [-0.15, -0.1) is 0 Å². The van der Waals surface area contributed by atoms with Crippen molar-refractivity contribution in [1.82, 2.24) is 4.98 Å². The first kappa shape index (κ1) is 16.1. The second-order valence-electron chi connectivity index (χ2n) is 5.81. The SMILES string of the molecule is Cc1nc(C2CCCCC2)c(-c2ccc(NS(=O)[O-])c(F)c2)o1. The second-order valence-corrected chi connectivity index (χ2v) is 6.49. The van der Waals surface area contributed by atoms with Gasteiger partial charge in [0.2, 0.25) is 0 Å². The summed E-state index contributed by atoms with van der Waals surface area (Å²) in [6.07, 6.45) is 5.71. The lowest BCUT2D eigenvalue weighted by Crippen LogP contribution is -2.06. The molecule has 1 unspecified atom stereocenters. The standard InChI is InChI=1S/C16H19FN2O3S/c1-10-18-15(11-5-3-2-4-6-11)16(22-10)12-7-8-14(13(17)9-12)19-23(20)21/h7-9,11,19H,2-6H2,1H3,(H,20,21)/p-1. The van der Waals surface area contributed by atoms with Crippen LogP contribution in [0.15, 0.2) is 22.6 Å². The highest BCUT2D eigenvalue weighted by molar-refractivity contribution is 7.80. The molecule has 1 aliphatic carbocycles. The highest BCUT2D eigenvalue weighted by atomic mass is 32.2. The van der Waals surface area contributed by atoms with Gasteiger partial charge >= 0.3 is 0 Å². The lowest BCUT2D eigenvalue weighted by atomic mass is 9.85. The Balaban J connectivity index is 1.95. The normalized spacial score (nSPS) is 17.2. The molecule has 1 atom stereocenters. The summed E-state index contributed by atoms with van der Waals surface area (Å²) in [5.74, 6) is 0.841. The first-order valence-electron chi connectivity index (χ1n) is 7.68. The number of aryl methyl sites for hydroxylation is 1. The van der Waals surface area contributed by atoms with Gasteiger partial charge < -0.3 is 13.7 Å². The number of hydrogen-bond donors (Lipinski definition) is 1. The smallest absolute Gasteiger partial charge is 0.192 e. The van der Waals surface area contributed by atoms with E-state index in [4.69, 9.17) is 4.42 Å². The van der Waals surface area contributed by atoms with Crippen molar-refractivity contribution in [2.24, 2.45) is 0 Å². The number of anilines is 1. The van der Waals surface area contributed by atoms with Crippen molar-refractivity contribution in [3.8, 4) is 11.3 Å². The summed E-state index contributed by atoms with van der Waals surface area (Å²) in [6.45, 7) is 1.78. The van der Waals surface area contributed by atoms with E-state index in [2.05, 4.69) is 4.98 Å². The molecular formula is C16H18FN2O3S-. The molecule has 1 heterocycles. The van der Waals surface area contributed by atoms with Gasteiger partial charge in [0, 0.05) is 29.7 Å². The lowest BCUT2D eigenvalue weighted by Gasteiger charge is -2.20. The number of nitrogens with one attached hydrogen (secondary N) is 1. The Morgan fingerprint density at radius 2 is 2.09 bits per heavy atom. The van der Waals surface area contributed by atoms with Crippen LogP contribution in [0.5, 0.6) is 0 Å². The molecule has 2 aromatic rings. The van der Waals surface area contributed by atoms with Gasteiger partial charge in [-0.2, -0.15) is 0 Å². The first-order chi connectivity index (χ1) is 11.0. The van der Waals surface area contributed by atoms with Crippen molar-refractivity contribution in [1.29, 1.82) is 0 Å². The number of benzene rings is 1. The Kier molecular flexibility index (Phi) is 4.77. The van der Waals surface area contributed by atoms with Crippen LogP contribution >= 0.6 is 0 Å². The molecule has 5 nitrogen and oxygen atoms in total.